The second-order valence-corrected chi connectivity index (χ2v) is 5.18. The number of hydrogen-bond acceptors (Lipinski definition) is 4. The lowest BCUT2D eigenvalue weighted by atomic mass is 10.1. The summed E-state index contributed by atoms with van der Waals surface area (Å²) in [6.07, 6.45) is 1.15. The predicted octanol–water partition coefficient (Wildman–Crippen LogP) is 3.48. The zero-order valence-electron chi connectivity index (χ0n) is 12.0. The minimum absolute atomic E-state index is 0.142. The number of benzene rings is 1. The topological polar surface area (TPSA) is 47.0 Å². The second-order valence-electron chi connectivity index (χ2n) is 5.18. The van der Waals surface area contributed by atoms with Gasteiger partial charge < -0.3 is 10.1 Å². The summed E-state index contributed by atoms with van der Waals surface area (Å²) in [5, 5.41) is 3.93. The smallest absolute Gasteiger partial charge is 0.226 e. The number of nitrogens with one attached hydrogen (secondary N) is 1. The number of aromatic nitrogens is 2. The van der Waals surface area contributed by atoms with Crippen molar-refractivity contribution in [3.05, 3.63) is 24.3 Å². The van der Waals surface area contributed by atoms with Gasteiger partial charge in [0.2, 0.25) is 11.8 Å². The van der Waals surface area contributed by atoms with E-state index in [9.17, 15) is 0 Å². The number of fused-ring (bicyclic) bond motifs is 1. The van der Waals surface area contributed by atoms with Crippen LogP contribution in [0.5, 0.6) is 5.88 Å². The second kappa shape index (κ2) is 5.87. The summed E-state index contributed by atoms with van der Waals surface area (Å²) in [5.74, 6) is 1.85. The third kappa shape index (κ3) is 3.34. The van der Waals surface area contributed by atoms with Crippen molar-refractivity contribution in [1.82, 2.24) is 9.97 Å². The standard InChI is InChI=1S/C15H21N3O/c1-10(2)9-11(3)19-14-12-7-5-6-8-13(12)17-15(16-4)18-14/h5-8,10-11H,9H2,1-4H3,(H,16,17,18). The Bertz CT molecular complexity index is 554. The SMILES string of the molecule is CNc1nc(OC(C)CC(C)C)c2ccccc2n1. The average molecular weight is 259 g/mol. The molecule has 1 aromatic carbocycles. The Balaban J connectivity index is 2.35. The summed E-state index contributed by atoms with van der Waals surface area (Å²) in [5.41, 5.74) is 0.897. The van der Waals surface area contributed by atoms with E-state index in [4.69, 9.17) is 4.74 Å². The quantitative estimate of drug-likeness (QED) is 0.893. The monoisotopic (exact) mass is 259 g/mol. The first-order valence-electron chi connectivity index (χ1n) is 6.71. The molecule has 19 heavy (non-hydrogen) atoms. The lowest BCUT2D eigenvalue weighted by molar-refractivity contribution is 0.188. The van der Waals surface area contributed by atoms with E-state index in [1.807, 2.05) is 31.3 Å². The van der Waals surface area contributed by atoms with Crippen LogP contribution >= 0.6 is 0 Å². The van der Waals surface area contributed by atoms with Crippen molar-refractivity contribution in [1.29, 1.82) is 0 Å². The molecule has 1 atom stereocenters. The Labute approximate surface area is 114 Å². The van der Waals surface area contributed by atoms with Gasteiger partial charge in [-0.3, -0.25) is 0 Å². The highest BCUT2D eigenvalue weighted by molar-refractivity contribution is 5.84. The van der Waals surface area contributed by atoms with Crippen molar-refractivity contribution in [3.8, 4) is 5.88 Å². The van der Waals surface area contributed by atoms with Gasteiger partial charge in [0.1, 0.15) is 0 Å². The summed E-state index contributed by atoms with van der Waals surface area (Å²) in [6.45, 7) is 6.46. The lowest BCUT2D eigenvalue weighted by Gasteiger charge is -2.17. The molecule has 4 nitrogen and oxygen atoms in total. The zero-order chi connectivity index (χ0) is 13.8. The molecule has 1 aromatic heterocycles. The molecule has 1 unspecified atom stereocenters. The molecule has 0 spiro atoms. The Morgan fingerprint density at radius 3 is 2.58 bits per heavy atom. The minimum Gasteiger partial charge on any atom is -0.474 e. The Kier molecular flexibility index (Phi) is 4.20. The van der Waals surface area contributed by atoms with E-state index in [0.29, 0.717) is 17.7 Å². The van der Waals surface area contributed by atoms with Gasteiger partial charge in [-0.25, -0.2) is 4.98 Å². The molecule has 4 heteroatoms. The molecule has 0 amide bonds. The molecule has 0 saturated heterocycles. The zero-order valence-corrected chi connectivity index (χ0v) is 12.0. The Morgan fingerprint density at radius 1 is 1.16 bits per heavy atom. The maximum Gasteiger partial charge on any atom is 0.226 e. The molecule has 1 N–H and O–H groups in total. The highest BCUT2D eigenvalue weighted by Crippen LogP contribution is 2.25. The third-order valence-corrected chi connectivity index (χ3v) is 2.91. The summed E-state index contributed by atoms with van der Waals surface area (Å²) >= 11 is 0. The van der Waals surface area contributed by atoms with Crippen molar-refractivity contribution in [3.63, 3.8) is 0 Å². The van der Waals surface area contributed by atoms with Gasteiger partial charge in [0.25, 0.3) is 0 Å². The predicted molar refractivity (Wildman–Crippen MR) is 78.6 cm³/mol. The first kappa shape index (κ1) is 13.6. The fourth-order valence-electron chi connectivity index (χ4n) is 2.15. The van der Waals surface area contributed by atoms with E-state index >= 15 is 0 Å². The van der Waals surface area contributed by atoms with Crippen LogP contribution in [0.3, 0.4) is 0 Å². The van der Waals surface area contributed by atoms with E-state index in [1.165, 1.54) is 0 Å². The van der Waals surface area contributed by atoms with Crippen molar-refractivity contribution in [2.45, 2.75) is 33.3 Å². The van der Waals surface area contributed by atoms with Gasteiger partial charge in [-0.2, -0.15) is 4.98 Å². The maximum atomic E-state index is 5.99. The summed E-state index contributed by atoms with van der Waals surface area (Å²) in [6, 6.07) is 7.91. The van der Waals surface area contributed by atoms with Crippen LogP contribution in [0.15, 0.2) is 24.3 Å². The molecule has 0 aliphatic rings. The molecule has 0 aliphatic heterocycles. The van der Waals surface area contributed by atoms with Gasteiger partial charge in [0.05, 0.1) is 17.0 Å². The van der Waals surface area contributed by atoms with Crippen LogP contribution in [0, 0.1) is 5.92 Å². The van der Waals surface area contributed by atoms with Gasteiger partial charge in [-0.15, -0.1) is 0 Å². The van der Waals surface area contributed by atoms with E-state index < -0.39 is 0 Å². The van der Waals surface area contributed by atoms with Crippen molar-refractivity contribution in [2.24, 2.45) is 5.92 Å². The molecule has 0 bridgehead atoms. The third-order valence-electron chi connectivity index (χ3n) is 2.91. The number of para-hydroxylation sites is 1. The van der Waals surface area contributed by atoms with Crippen LogP contribution in [0.4, 0.5) is 5.95 Å². The number of nitrogens with zero attached hydrogens (tertiary/aromatic N) is 2. The molecule has 0 fully saturated rings. The van der Waals surface area contributed by atoms with Crippen LogP contribution in [0.1, 0.15) is 27.2 Å². The van der Waals surface area contributed by atoms with Crippen molar-refractivity contribution >= 4 is 16.9 Å². The first-order chi connectivity index (χ1) is 9.10. The van der Waals surface area contributed by atoms with Gasteiger partial charge in [-0.05, 0) is 31.4 Å². The Hall–Kier alpha value is -1.84. The maximum absolute atomic E-state index is 5.99. The fraction of sp³-hybridized carbons (Fsp3) is 0.467. The molecule has 102 valence electrons. The molecule has 1 heterocycles. The van der Waals surface area contributed by atoms with Crippen molar-refractivity contribution < 1.29 is 4.74 Å². The van der Waals surface area contributed by atoms with Crippen LogP contribution in [0.2, 0.25) is 0 Å². The summed E-state index contributed by atoms with van der Waals surface area (Å²) < 4.78 is 5.99. The van der Waals surface area contributed by atoms with Crippen LogP contribution < -0.4 is 10.1 Å². The number of ether oxygens (including phenoxy) is 1. The van der Waals surface area contributed by atoms with Crippen LogP contribution in [0.25, 0.3) is 10.9 Å². The number of hydrogen-bond donors (Lipinski definition) is 1. The van der Waals surface area contributed by atoms with E-state index in [0.717, 1.165) is 17.3 Å². The molecular formula is C15H21N3O. The van der Waals surface area contributed by atoms with Gasteiger partial charge >= 0.3 is 0 Å². The largest absolute Gasteiger partial charge is 0.474 e. The number of anilines is 1. The molecule has 2 aromatic rings. The van der Waals surface area contributed by atoms with E-state index in [1.54, 1.807) is 0 Å². The average Bonchev–Trinajstić information content (AvgIpc) is 2.37. The van der Waals surface area contributed by atoms with Crippen molar-refractivity contribution in [2.75, 3.05) is 12.4 Å². The molecule has 0 aliphatic carbocycles. The molecule has 0 radical (unpaired) electrons. The van der Waals surface area contributed by atoms with E-state index in [-0.39, 0.29) is 6.10 Å². The van der Waals surface area contributed by atoms with Gasteiger partial charge in [0.15, 0.2) is 0 Å². The minimum atomic E-state index is 0.142. The van der Waals surface area contributed by atoms with Crippen LogP contribution in [-0.4, -0.2) is 23.1 Å². The highest BCUT2D eigenvalue weighted by Gasteiger charge is 2.12. The number of rotatable bonds is 5. The molecule has 2 rings (SSSR count). The fourth-order valence-corrected chi connectivity index (χ4v) is 2.15. The van der Waals surface area contributed by atoms with Gasteiger partial charge in [-0.1, -0.05) is 26.0 Å². The highest BCUT2D eigenvalue weighted by atomic mass is 16.5. The molecular weight excluding hydrogens is 238 g/mol. The van der Waals surface area contributed by atoms with E-state index in [2.05, 4.69) is 36.1 Å². The Morgan fingerprint density at radius 2 is 1.89 bits per heavy atom. The lowest BCUT2D eigenvalue weighted by Crippen LogP contribution is -2.16. The molecule has 0 saturated carbocycles. The normalized spacial score (nSPS) is 12.7. The summed E-state index contributed by atoms with van der Waals surface area (Å²) in [4.78, 5) is 8.84. The first-order valence-corrected chi connectivity index (χ1v) is 6.71. The van der Waals surface area contributed by atoms with Crippen LogP contribution in [-0.2, 0) is 0 Å². The van der Waals surface area contributed by atoms with Gasteiger partial charge in [0, 0.05) is 7.05 Å². The summed E-state index contributed by atoms with van der Waals surface area (Å²) in [7, 11) is 1.81.